The SMILES string of the molecule is CC(C)[Si](OCc1cc2c(Br)cc1CCc1ccc(cc1Br)CC2)(C(C)C)C(C)C. The molecule has 0 aliphatic heterocycles. The van der Waals surface area contributed by atoms with Crippen LogP contribution in [-0.4, -0.2) is 8.32 Å². The Morgan fingerprint density at radius 2 is 1.30 bits per heavy atom. The van der Waals surface area contributed by atoms with Crippen molar-refractivity contribution in [3.63, 3.8) is 0 Å². The largest absolute Gasteiger partial charge is 0.412 e. The third-order valence-electron chi connectivity index (χ3n) is 7.02. The van der Waals surface area contributed by atoms with Crippen LogP contribution in [-0.2, 0) is 36.7 Å². The zero-order valence-electron chi connectivity index (χ0n) is 19.3. The number of rotatable bonds is 6. The van der Waals surface area contributed by atoms with E-state index >= 15 is 0 Å². The monoisotopic (exact) mass is 550 g/mol. The smallest absolute Gasteiger partial charge is 0.200 e. The van der Waals surface area contributed by atoms with E-state index in [4.69, 9.17) is 4.43 Å². The topological polar surface area (TPSA) is 9.23 Å². The fraction of sp³-hybridized carbons (Fsp3) is 0.538. The van der Waals surface area contributed by atoms with Crippen molar-refractivity contribution in [2.45, 2.75) is 90.5 Å². The number of hydrogen-bond donors (Lipinski definition) is 0. The van der Waals surface area contributed by atoms with E-state index in [-0.39, 0.29) is 0 Å². The number of hydrogen-bond acceptors (Lipinski definition) is 1. The van der Waals surface area contributed by atoms with Gasteiger partial charge in [-0.3, -0.25) is 0 Å². The average molecular weight is 552 g/mol. The van der Waals surface area contributed by atoms with Crippen molar-refractivity contribution in [3.05, 3.63) is 67.1 Å². The Kier molecular flexibility index (Phi) is 8.09. The molecule has 4 bridgehead atoms. The van der Waals surface area contributed by atoms with Gasteiger partial charge in [0.05, 0.1) is 6.61 Å². The molecule has 30 heavy (non-hydrogen) atoms. The van der Waals surface area contributed by atoms with Crippen LogP contribution in [0.5, 0.6) is 0 Å². The van der Waals surface area contributed by atoms with Gasteiger partial charge in [0.2, 0.25) is 8.32 Å². The Morgan fingerprint density at radius 3 is 1.90 bits per heavy atom. The van der Waals surface area contributed by atoms with Gasteiger partial charge in [-0.05, 0) is 82.3 Å². The minimum Gasteiger partial charge on any atom is -0.412 e. The summed E-state index contributed by atoms with van der Waals surface area (Å²) in [6, 6.07) is 11.7. The third kappa shape index (κ3) is 4.97. The summed E-state index contributed by atoms with van der Waals surface area (Å²) in [5, 5.41) is 0. The van der Waals surface area contributed by atoms with Gasteiger partial charge in [-0.15, -0.1) is 0 Å². The molecule has 4 aliphatic rings. The van der Waals surface area contributed by atoms with Crippen LogP contribution in [0.1, 0.15) is 69.4 Å². The molecule has 0 saturated carbocycles. The lowest BCUT2D eigenvalue weighted by molar-refractivity contribution is 0.265. The molecule has 0 spiro atoms. The summed E-state index contributed by atoms with van der Waals surface area (Å²) in [7, 11) is -1.88. The van der Waals surface area contributed by atoms with Crippen LogP contribution in [0, 0.1) is 0 Å². The highest BCUT2D eigenvalue weighted by Gasteiger charge is 2.45. The Morgan fingerprint density at radius 1 is 0.733 bits per heavy atom. The van der Waals surface area contributed by atoms with Crippen LogP contribution in [0.25, 0.3) is 0 Å². The van der Waals surface area contributed by atoms with E-state index in [0.717, 1.165) is 32.3 Å². The molecule has 2 aromatic rings. The van der Waals surface area contributed by atoms with E-state index in [1.54, 1.807) is 0 Å². The Bertz CT molecular complexity index is 867. The second-order valence-corrected chi connectivity index (χ2v) is 16.9. The predicted molar refractivity (Wildman–Crippen MR) is 139 cm³/mol. The molecule has 2 aromatic carbocycles. The molecule has 0 radical (unpaired) electrons. The zero-order chi connectivity index (χ0) is 22.1. The van der Waals surface area contributed by atoms with Crippen LogP contribution in [0.4, 0.5) is 0 Å². The highest BCUT2D eigenvalue weighted by molar-refractivity contribution is 9.10. The van der Waals surface area contributed by atoms with Gasteiger partial charge in [0.15, 0.2) is 0 Å². The van der Waals surface area contributed by atoms with Crippen LogP contribution in [0.3, 0.4) is 0 Å². The summed E-state index contributed by atoms with van der Waals surface area (Å²) in [5.74, 6) is 0. The fourth-order valence-corrected chi connectivity index (χ4v) is 12.1. The fourth-order valence-electron chi connectivity index (χ4n) is 5.47. The third-order valence-corrected chi connectivity index (χ3v) is 14.6. The molecular weight excluding hydrogens is 516 g/mol. The first kappa shape index (κ1) is 24.2. The molecule has 0 heterocycles. The molecule has 0 amide bonds. The van der Waals surface area contributed by atoms with Crippen LogP contribution >= 0.6 is 31.9 Å². The van der Waals surface area contributed by atoms with Gasteiger partial charge in [0, 0.05) is 8.95 Å². The molecule has 0 aromatic heterocycles. The second kappa shape index (κ2) is 10.0. The van der Waals surface area contributed by atoms with Crippen LogP contribution in [0.2, 0.25) is 16.6 Å². The van der Waals surface area contributed by atoms with Gasteiger partial charge in [0.1, 0.15) is 0 Å². The van der Waals surface area contributed by atoms with Crippen molar-refractivity contribution in [2.75, 3.05) is 0 Å². The highest BCUT2D eigenvalue weighted by Crippen LogP contribution is 2.43. The van der Waals surface area contributed by atoms with Gasteiger partial charge in [-0.25, -0.2) is 0 Å². The number of benzene rings is 2. The average Bonchev–Trinajstić information content (AvgIpc) is 2.65. The summed E-state index contributed by atoms with van der Waals surface area (Å²) in [4.78, 5) is 0. The quantitative estimate of drug-likeness (QED) is 0.326. The maximum absolute atomic E-state index is 6.99. The van der Waals surface area contributed by atoms with Crippen LogP contribution in [0.15, 0.2) is 39.3 Å². The lowest BCUT2D eigenvalue weighted by Gasteiger charge is -2.42. The maximum Gasteiger partial charge on any atom is 0.200 e. The van der Waals surface area contributed by atoms with Gasteiger partial charge >= 0.3 is 0 Å². The number of aryl methyl sites for hydroxylation is 4. The maximum atomic E-state index is 6.99. The molecule has 4 heteroatoms. The molecule has 0 fully saturated rings. The predicted octanol–water partition coefficient (Wildman–Crippen LogP) is 8.79. The van der Waals surface area contributed by atoms with Gasteiger partial charge in [-0.1, -0.05) is 91.6 Å². The zero-order valence-corrected chi connectivity index (χ0v) is 23.5. The van der Waals surface area contributed by atoms with Crippen molar-refractivity contribution in [3.8, 4) is 0 Å². The molecule has 164 valence electrons. The Hall–Kier alpha value is -0.423. The first-order chi connectivity index (χ1) is 14.1. The summed E-state index contributed by atoms with van der Waals surface area (Å²) in [6.45, 7) is 15.0. The molecule has 4 aliphatic carbocycles. The molecule has 6 rings (SSSR count). The molecule has 0 atom stereocenters. The van der Waals surface area contributed by atoms with E-state index in [9.17, 15) is 0 Å². The van der Waals surface area contributed by atoms with E-state index < -0.39 is 8.32 Å². The summed E-state index contributed by atoms with van der Waals surface area (Å²) in [6.07, 6.45) is 4.18. The Balaban J connectivity index is 1.95. The molecule has 0 N–H and O–H groups in total. The number of halogens is 2. The van der Waals surface area contributed by atoms with E-state index in [1.165, 1.54) is 36.8 Å². The Labute approximate surface area is 201 Å². The van der Waals surface area contributed by atoms with Crippen molar-refractivity contribution in [1.29, 1.82) is 0 Å². The van der Waals surface area contributed by atoms with Gasteiger partial charge in [-0.2, -0.15) is 0 Å². The molecule has 1 nitrogen and oxygen atoms in total. The van der Waals surface area contributed by atoms with Crippen LogP contribution < -0.4 is 0 Å². The standard InChI is InChI=1S/C26H36Br2OSi/c1-17(2)30(18(3)4,19(5)6)29-16-24-14-23-10-8-20-7-9-21(25(27)13-20)11-12-22(24)15-26(23)28/h7,9,13-15,17-19H,8,10-12,16H2,1-6H3. The molecule has 0 unspecified atom stereocenters. The normalized spacial score (nSPS) is 14.6. The van der Waals surface area contributed by atoms with Crippen molar-refractivity contribution >= 4 is 40.2 Å². The minimum atomic E-state index is -1.88. The second-order valence-electron chi connectivity index (χ2n) is 9.74. The molecule has 0 saturated heterocycles. The van der Waals surface area contributed by atoms with Crippen molar-refractivity contribution in [2.24, 2.45) is 0 Å². The summed E-state index contributed by atoms with van der Waals surface area (Å²) in [5.41, 5.74) is 8.80. The summed E-state index contributed by atoms with van der Waals surface area (Å²) < 4.78 is 9.49. The first-order valence-corrected chi connectivity index (χ1v) is 15.1. The van der Waals surface area contributed by atoms with Crippen molar-refractivity contribution in [1.82, 2.24) is 0 Å². The highest BCUT2D eigenvalue weighted by atomic mass is 79.9. The van der Waals surface area contributed by atoms with Gasteiger partial charge < -0.3 is 4.43 Å². The van der Waals surface area contributed by atoms with E-state index in [2.05, 4.69) is 104 Å². The summed E-state index contributed by atoms with van der Waals surface area (Å²) >= 11 is 7.65. The minimum absolute atomic E-state index is 0.607. The lowest BCUT2D eigenvalue weighted by Crippen LogP contribution is -2.47. The first-order valence-electron chi connectivity index (χ1n) is 11.4. The molecular formula is C26H36Br2OSi. The lowest BCUT2D eigenvalue weighted by atomic mass is 9.93. The van der Waals surface area contributed by atoms with E-state index in [1.807, 2.05) is 0 Å². The van der Waals surface area contributed by atoms with Crippen molar-refractivity contribution < 1.29 is 4.43 Å². The van der Waals surface area contributed by atoms with Gasteiger partial charge in [0.25, 0.3) is 0 Å². The van der Waals surface area contributed by atoms with E-state index in [0.29, 0.717) is 16.6 Å².